The van der Waals surface area contributed by atoms with Gasteiger partial charge in [-0.1, -0.05) is 0 Å². The Labute approximate surface area is 90.8 Å². The van der Waals surface area contributed by atoms with Crippen molar-refractivity contribution in [1.82, 2.24) is 14.9 Å². The molecule has 0 spiro atoms. The number of rotatable bonds is 0. The van der Waals surface area contributed by atoms with Crippen molar-refractivity contribution in [3.8, 4) is 0 Å². The van der Waals surface area contributed by atoms with E-state index >= 15 is 0 Å². The first kappa shape index (κ1) is 9.97. The number of hydrogen-bond acceptors (Lipinski definition) is 3. The maximum Gasteiger partial charge on any atom is 0.272 e. The van der Waals surface area contributed by atoms with E-state index in [1.807, 2.05) is 0 Å². The van der Waals surface area contributed by atoms with Gasteiger partial charge in [0.25, 0.3) is 5.91 Å². The van der Waals surface area contributed by atoms with Crippen molar-refractivity contribution in [3.63, 3.8) is 0 Å². The van der Waals surface area contributed by atoms with Gasteiger partial charge in [0, 0.05) is 14.1 Å². The number of amides is 2. The number of carbonyl (C=O) groups is 2. The van der Waals surface area contributed by atoms with E-state index in [0.29, 0.717) is 11.5 Å². The topological polar surface area (TPSA) is 67.2 Å². The lowest BCUT2D eigenvalue weighted by Gasteiger charge is -2.11. The summed E-state index contributed by atoms with van der Waals surface area (Å²) in [4.78, 5) is 28.4. The highest BCUT2D eigenvalue weighted by molar-refractivity contribution is 6.29. The fourth-order valence-corrected chi connectivity index (χ4v) is 1.59. The largest absolute Gasteiger partial charge is 0.342 e. The predicted molar refractivity (Wildman–Crippen MR) is 54.0 cm³/mol. The molecule has 0 saturated carbocycles. The molecule has 0 aliphatic carbocycles. The summed E-state index contributed by atoms with van der Waals surface area (Å²) < 4.78 is 1.45. The molecule has 0 unspecified atom stereocenters. The highest BCUT2D eigenvalue weighted by Crippen LogP contribution is 2.23. The van der Waals surface area contributed by atoms with Crippen LogP contribution >= 0.6 is 11.6 Å². The molecule has 0 bridgehead atoms. The minimum atomic E-state index is -0.343. The number of fused-ring (bicyclic) bond motifs is 1. The summed E-state index contributed by atoms with van der Waals surface area (Å²) in [6, 6.07) is 0. The molecular formula is C8H9ClN4O2. The minimum absolute atomic E-state index is 0.0245. The molecule has 1 aliphatic heterocycles. The molecule has 1 N–H and O–H groups in total. The van der Waals surface area contributed by atoms with Gasteiger partial charge in [-0.3, -0.25) is 14.5 Å². The lowest BCUT2D eigenvalue weighted by molar-refractivity contribution is -0.117. The predicted octanol–water partition coefficient (Wildman–Crippen LogP) is -0.220. The molecule has 0 fully saturated rings. The van der Waals surface area contributed by atoms with Crippen LogP contribution in [0.25, 0.3) is 0 Å². The van der Waals surface area contributed by atoms with Crippen molar-refractivity contribution < 1.29 is 9.59 Å². The molecule has 6 nitrogen and oxygen atoms in total. The van der Waals surface area contributed by atoms with Crippen LogP contribution in [0.1, 0.15) is 10.5 Å². The van der Waals surface area contributed by atoms with Crippen LogP contribution in [0.15, 0.2) is 0 Å². The summed E-state index contributed by atoms with van der Waals surface area (Å²) in [6.45, 7) is -0.0245. The number of likely N-dealkylation sites (N-methyl/N-ethyl adjacent to an activating group) is 1. The number of aromatic nitrogens is 2. The molecule has 0 saturated heterocycles. The monoisotopic (exact) mass is 228 g/mol. The van der Waals surface area contributed by atoms with Gasteiger partial charge in [-0.25, -0.2) is 0 Å². The minimum Gasteiger partial charge on any atom is -0.342 e. The van der Waals surface area contributed by atoms with E-state index in [1.165, 1.54) is 9.47 Å². The number of hydrogen-bond donors (Lipinski definition) is 1. The zero-order valence-electron chi connectivity index (χ0n) is 8.24. The van der Waals surface area contributed by atoms with E-state index in [4.69, 9.17) is 11.6 Å². The second kappa shape index (κ2) is 3.23. The van der Waals surface area contributed by atoms with Gasteiger partial charge in [-0.05, 0) is 11.6 Å². The van der Waals surface area contributed by atoms with E-state index < -0.39 is 0 Å². The molecule has 1 aromatic rings. The van der Waals surface area contributed by atoms with Crippen LogP contribution in [0.2, 0.25) is 5.28 Å². The fraction of sp³-hybridized carbons (Fsp3) is 0.375. The lowest BCUT2D eigenvalue weighted by Crippen LogP contribution is -2.34. The smallest absolute Gasteiger partial charge is 0.272 e. The van der Waals surface area contributed by atoms with Crippen molar-refractivity contribution in [3.05, 3.63) is 11.0 Å². The van der Waals surface area contributed by atoms with Gasteiger partial charge in [-0.15, -0.1) is 0 Å². The molecule has 80 valence electrons. The highest BCUT2D eigenvalue weighted by atomic mass is 35.5. The number of nitrogens with zero attached hydrogens (tertiary/aromatic N) is 3. The zero-order chi connectivity index (χ0) is 11.2. The van der Waals surface area contributed by atoms with E-state index in [-0.39, 0.29) is 23.6 Å². The molecule has 1 aliphatic rings. The van der Waals surface area contributed by atoms with Crippen molar-refractivity contribution in [2.45, 2.75) is 0 Å². The Bertz CT molecular complexity index is 454. The van der Waals surface area contributed by atoms with E-state index in [2.05, 4.69) is 10.3 Å². The molecule has 0 radical (unpaired) electrons. The first-order valence-electron chi connectivity index (χ1n) is 4.29. The number of nitrogens with one attached hydrogen (secondary N) is 1. The molecule has 0 aromatic carbocycles. The van der Waals surface area contributed by atoms with Crippen LogP contribution in [-0.2, 0) is 11.8 Å². The van der Waals surface area contributed by atoms with Gasteiger partial charge < -0.3 is 9.88 Å². The van der Waals surface area contributed by atoms with Crippen molar-refractivity contribution >= 4 is 29.2 Å². The Balaban J connectivity index is 2.64. The lowest BCUT2D eigenvalue weighted by atomic mass is 10.4. The Morgan fingerprint density at radius 2 is 2.07 bits per heavy atom. The quantitative estimate of drug-likeness (QED) is 0.668. The average Bonchev–Trinajstić information content (AvgIpc) is 2.45. The molecule has 0 atom stereocenters. The van der Waals surface area contributed by atoms with Crippen LogP contribution in [0.3, 0.4) is 0 Å². The molecule has 2 rings (SSSR count). The molecule has 2 amide bonds. The van der Waals surface area contributed by atoms with Crippen LogP contribution < -0.4 is 10.2 Å². The Hall–Kier alpha value is -1.56. The maximum atomic E-state index is 11.6. The Morgan fingerprint density at radius 1 is 1.40 bits per heavy atom. The first-order chi connectivity index (χ1) is 7.02. The van der Waals surface area contributed by atoms with Gasteiger partial charge >= 0.3 is 0 Å². The van der Waals surface area contributed by atoms with Gasteiger partial charge in [0.15, 0.2) is 11.5 Å². The third-order valence-corrected chi connectivity index (χ3v) is 2.67. The number of carbonyl (C=O) groups excluding carboxylic acids is 2. The average molecular weight is 229 g/mol. The van der Waals surface area contributed by atoms with Crippen LogP contribution in [-0.4, -0.2) is 35.0 Å². The van der Waals surface area contributed by atoms with Crippen LogP contribution in [0, 0.1) is 0 Å². The fourth-order valence-electron chi connectivity index (χ4n) is 1.42. The van der Waals surface area contributed by atoms with E-state index in [1.54, 1.807) is 14.1 Å². The van der Waals surface area contributed by atoms with Crippen molar-refractivity contribution in [2.75, 3.05) is 18.5 Å². The Morgan fingerprint density at radius 3 is 2.73 bits per heavy atom. The molecule has 7 heteroatoms. The number of imidazole rings is 1. The normalized spacial score (nSPS) is 16.1. The summed E-state index contributed by atoms with van der Waals surface area (Å²) in [6.07, 6.45) is 0. The molecular weight excluding hydrogens is 220 g/mol. The summed E-state index contributed by atoms with van der Waals surface area (Å²) in [5.41, 5.74) is 0.299. The first-order valence-corrected chi connectivity index (χ1v) is 4.67. The summed E-state index contributed by atoms with van der Waals surface area (Å²) >= 11 is 5.79. The SMILES string of the molecule is CN1C(=O)CNC(=O)c2c1nc(Cl)n2C. The highest BCUT2D eigenvalue weighted by Gasteiger charge is 2.29. The van der Waals surface area contributed by atoms with Gasteiger partial charge in [0.2, 0.25) is 11.2 Å². The van der Waals surface area contributed by atoms with E-state index in [0.717, 1.165) is 0 Å². The summed E-state index contributed by atoms with van der Waals surface area (Å²) in [5, 5.41) is 2.66. The standard InChI is InChI=1S/C8H9ClN4O2/c1-12-4(14)3-10-7(15)5-6(12)11-8(9)13(5)2/h3H2,1-2H3,(H,10,15). The third-order valence-electron chi connectivity index (χ3n) is 2.33. The van der Waals surface area contributed by atoms with Crippen LogP contribution in [0.4, 0.5) is 5.82 Å². The van der Waals surface area contributed by atoms with Crippen molar-refractivity contribution in [1.29, 1.82) is 0 Å². The summed E-state index contributed by atoms with van der Waals surface area (Å²) in [7, 11) is 3.18. The second-order valence-electron chi connectivity index (χ2n) is 3.25. The van der Waals surface area contributed by atoms with Gasteiger partial charge in [-0.2, -0.15) is 4.98 Å². The molecule has 1 aromatic heterocycles. The molecule has 2 heterocycles. The second-order valence-corrected chi connectivity index (χ2v) is 3.59. The number of anilines is 1. The third kappa shape index (κ3) is 1.37. The van der Waals surface area contributed by atoms with Crippen molar-refractivity contribution in [2.24, 2.45) is 7.05 Å². The zero-order valence-corrected chi connectivity index (χ0v) is 9.00. The molecule has 15 heavy (non-hydrogen) atoms. The Kier molecular flexibility index (Phi) is 2.15. The van der Waals surface area contributed by atoms with Gasteiger partial charge in [0.1, 0.15) is 0 Å². The van der Waals surface area contributed by atoms with Crippen LogP contribution in [0.5, 0.6) is 0 Å². The summed E-state index contributed by atoms with van der Waals surface area (Å²) in [5.74, 6) is -0.274. The number of halogens is 1. The van der Waals surface area contributed by atoms with Gasteiger partial charge in [0.05, 0.1) is 6.54 Å². The van der Waals surface area contributed by atoms with E-state index in [9.17, 15) is 9.59 Å². The maximum absolute atomic E-state index is 11.6.